The summed E-state index contributed by atoms with van der Waals surface area (Å²) in [6, 6.07) is 9.75. The monoisotopic (exact) mass is 514 g/mol. The molecular formula is C24H26ClF3N2O5. The summed E-state index contributed by atoms with van der Waals surface area (Å²) in [4.78, 5) is 31.5. The number of hydrogen-bond donors (Lipinski definition) is 1. The lowest BCUT2D eigenvalue weighted by atomic mass is 10.0. The molecule has 1 amide bonds. The number of alkyl halides is 3. The Morgan fingerprint density at radius 3 is 2.51 bits per heavy atom. The zero-order valence-corrected chi connectivity index (χ0v) is 20.2. The topological polar surface area (TPSA) is 77.1 Å². The van der Waals surface area contributed by atoms with Crippen LogP contribution in [0, 0.1) is 0 Å². The SMILES string of the molecule is CC(C)(C)OC(=O)N1CCC(=O)C[C@@H]1CONc1ccc(-c2ccccc2OC(F)(F)F)c(Cl)c1. The summed E-state index contributed by atoms with van der Waals surface area (Å²) in [5, 5.41) is 0.167. The van der Waals surface area contributed by atoms with Crippen LogP contribution in [0.2, 0.25) is 5.02 Å². The number of ketones is 1. The fraction of sp³-hybridized carbons (Fsp3) is 0.417. The number of carbonyl (C=O) groups excluding carboxylic acids is 2. The van der Waals surface area contributed by atoms with Crippen LogP contribution in [-0.2, 0) is 14.4 Å². The summed E-state index contributed by atoms with van der Waals surface area (Å²) in [7, 11) is 0. The Morgan fingerprint density at radius 1 is 1.14 bits per heavy atom. The Balaban J connectivity index is 1.66. The minimum Gasteiger partial charge on any atom is -0.444 e. The van der Waals surface area contributed by atoms with Crippen molar-refractivity contribution in [1.29, 1.82) is 0 Å². The molecule has 0 spiro atoms. The number of nitrogens with zero attached hydrogens (tertiary/aromatic N) is 1. The molecule has 0 radical (unpaired) electrons. The van der Waals surface area contributed by atoms with Gasteiger partial charge in [0, 0.05) is 30.5 Å². The first-order valence-electron chi connectivity index (χ1n) is 10.9. The van der Waals surface area contributed by atoms with E-state index in [1.54, 1.807) is 32.9 Å². The molecule has 2 aromatic rings. The van der Waals surface area contributed by atoms with E-state index in [0.717, 1.165) is 0 Å². The van der Waals surface area contributed by atoms with E-state index in [1.807, 2.05) is 0 Å². The number of Topliss-reactive ketones (excluding diaryl/α,β-unsaturated/α-hetero) is 1. The van der Waals surface area contributed by atoms with Crippen molar-refractivity contribution in [2.45, 2.75) is 51.6 Å². The summed E-state index contributed by atoms with van der Waals surface area (Å²) < 4.78 is 47.7. The Labute approximate surface area is 206 Å². The van der Waals surface area contributed by atoms with E-state index in [-0.39, 0.29) is 48.1 Å². The van der Waals surface area contributed by atoms with Crippen LogP contribution in [0.25, 0.3) is 11.1 Å². The third-order valence-electron chi connectivity index (χ3n) is 5.00. The molecule has 0 bridgehead atoms. The molecule has 1 fully saturated rings. The predicted molar refractivity (Wildman–Crippen MR) is 124 cm³/mol. The van der Waals surface area contributed by atoms with Crippen LogP contribution in [0.4, 0.5) is 23.7 Å². The van der Waals surface area contributed by atoms with E-state index >= 15 is 0 Å². The molecule has 1 aliphatic rings. The number of amides is 1. The lowest BCUT2D eigenvalue weighted by Gasteiger charge is -2.35. The number of rotatable bonds is 6. The van der Waals surface area contributed by atoms with Gasteiger partial charge in [0.2, 0.25) is 0 Å². The van der Waals surface area contributed by atoms with Gasteiger partial charge in [0.1, 0.15) is 17.1 Å². The molecule has 1 aliphatic heterocycles. The van der Waals surface area contributed by atoms with Crippen LogP contribution in [0.3, 0.4) is 0 Å². The molecule has 0 aliphatic carbocycles. The summed E-state index contributed by atoms with van der Waals surface area (Å²) in [5.74, 6) is -0.353. The van der Waals surface area contributed by atoms with Crippen LogP contribution in [0.1, 0.15) is 33.6 Å². The number of likely N-dealkylation sites (tertiary alicyclic amines) is 1. The van der Waals surface area contributed by atoms with Crippen molar-refractivity contribution in [2.75, 3.05) is 18.6 Å². The first kappa shape index (κ1) is 26.6. The lowest BCUT2D eigenvalue weighted by molar-refractivity contribution is -0.274. The summed E-state index contributed by atoms with van der Waals surface area (Å²) in [6.07, 6.45) is -4.98. The molecule has 1 atom stereocenters. The van der Waals surface area contributed by atoms with Crippen molar-refractivity contribution in [2.24, 2.45) is 0 Å². The Bertz CT molecular complexity index is 1070. The van der Waals surface area contributed by atoms with E-state index in [2.05, 4.69) is 10.2 Å². The Kier molecular flexibility index (Phi) is 8.17. The summed E-state index contributed by atoms with van der Waals surface area (Å²) >= 11 is 6.33. The highest BCUT2D eigenvalue weighted by Crippen LogP contribution is 2.38. The highest BCUT2D eigenvalue weighted by atomic mass is 35.5. The van der Waals surface area contributed by atoms with Crippen molar-refractivity contribution in [1.82, 2.24) is 4.90 Å². The number of anilines is 1. The molecule has 35 heavy (non-hydrogen) atoms. The molecule has 2 aromatic carbocycles. The van der Waals surface area contributed by atoms with Crippen LogP contribution in [0.15, 0.2) is 42.5 Å². The van der Waals surface area contributed by atoms with Crippen LogP contribution in [-0.4, -0.2) is 47.9 Å². The zero-order chi connectivity index (χ0) is 25.8. The van der Waals surface area contributed by atoms with Gasteiger partial charge in [0.25, 0.3) is 0 Å². The van der Waals surface area contributed by atoms with Gasteiger partial charge in [-0.3, -0.25) is 15.1 Å². The maximum absolute atomic E-state index is 12.7. The number of benzene rings is 2. The maximum Gasteiger partial charge on any atom is 0.573 e. The number of hydrogen-bond acceptors (Lipinski definition) is 6. The van der Waals surface area contributed by atoms with Crippen molar-refractivity contribution in [3.8, 4) is 16.9 Å². The quantitative estimate of drug-likeness (QED) is 0.461. The van der Waals surface area contributed by atoms with Crippen molar-refractivity contribution < 1.29 is 37.1 Å². The highest BCUT2D eigenvalue weighted by molar-refractivity contribution is 6.33. The van der Waals surface area contributed by atoms with Gasteiger partial charge in [0.05, 0.1) is 23.4 Å². The normalized spacial score (nSPS) is 16.7. The van der Waals surface area contributed by atoms with Gasteiger partial charge in [0.15, 0.2) is 0 Å². The molecule has 1 saturated heterocycles. The second kappa shape index (κ2) is 10.7. The van der Waals surface area contributed by atoms with Gasteiger partial charge < -0.3 is 14.4 Å². The smallest absolute Gasteiger partial charge is 0.444 e. The van der Waals surface area contributed by atoms with Crippen molar-refractivity contribution in [3.63, 3.8) is 0 Å². The number of para-hydroxylation sites is 1. The van der Waals surface area contributed by atoms with E-state index in [0.29, 0.717) is 11.3 Å². The first-order chi connectivity index (χ1) is 16.3. The number of piperidine rings is 1. The Morgan fingerprint density at radius 2 is 1.86 bits per heavy atom. The van der Waals surface area contributed by atoms with E-state index in [9.17, 15) is 22.8 Å². The first-order valence-corrected chi connectivity index (χ1v) is 11.2. The fourth-order valence-electron chi connectivity index (χ4n) is 3.53. The van der Waals surface area contributed by atoms with E-state index in [1.165, 1.54) is 35.2 Å². The van der Waals surface area contributed by atoms with E-state index < -0.39 is 24.1 Å². The van der Waals surface area contributed by atoms with E-state index in [4.69, 9.17) is 21.2 Å². The average Bonchev–Trinajstić information content (AvgIpc) is 2.72. The minimum atomic E-state index is -4.84. The standard InChI is InChI=1S/C24H26ClF3N2O5/c1-23(2,3)35-22(32)30-11-10-17(31)13-16(30)14-33-29-15-8-9-18(20(25)12-15)19-6-4-5-7-21(19)34-24(26,27)28/h4-9,12,16,29H,10-11,13-14H2,1-3H3/t16-/m1/s1. The molecule has 0 unspecified atom stereocenters. The van der Waals surface area contributed by atoms with Crippen LogP contribution in [0.5, 0.6) is 5.75 Å². The molecule has 190 valence electrons. The van der Waals surface area contributed by atoms with Gasteiger partial charge in [-0.2, -0.15) is 0 Å². The van der Waals surface area contributed by atoms with Crippen molar-refractivity contribution >= 4 is 29.2 Å². The van der Waals surface area contributed by atoms with Crippen LogP contribution >= 0.6 is 11.6 Å². The third-order valence-corrected chi connectivity index (χ3v) is 5.31. The largest absolute Gasteiger partial charge is 0.573 e. The fourth-order valence-corrected chi connectivity index (χ4v) is 3.82. The number of carbonyl (C=O) groups is 2. The highest BCUT2D eigenvalue weighted by Gasteiger charge is 2.34. The zero-order valence-electron chi connectivity index (χ0n) is 19.4. The Hall–Kier alpha value is -2.98. The average molecular weight is 515 g/mol. The number of nitrogens with one attached hydrogen (secondary N) is 1. The molecule has 1 N–H and O–H groups in total. The van der Waals surface area contributed by atoms with Gasteiger partial charge in [-0.25, -0.2) is 4.79 Å². The minimum absolute atomic E-state index is 0.00656. The van der Waals surface area contributed by atoms with Gasteiger partial charge in [-0.15, -0.1) is 13.2 Å². The molecule has 7 nitrogen and oxygen atoms in total. The summed E-state index contributed by atoms with van der Waals surface area (Å²) in [6.45, 7) is 5.52. The van der Waals surface area contributed by atoms with Gasteiger partial charge in [-0.05, 0) is 39.0 Å². The molecule has 3 rings (SSSR count). The molecule has 1 heterocycles. The summed E-state index contributed by atoms with van der Waals surface area (Å²) in [5.41, 5.74) is 2.97. The number of ether oxygens (including phenoxy) is 2. The molecule has 0 saturated carbocycles. The van der Waals surface area contributed by atoms with Gasteiger partial charge in [-0.1, -0.05) is 35.9 Å². The van der Waals surface area contributed by atoms with Gasteiger partial charge >= 0.3 is 12.5 Å². The second-order valence-corrected chi connectivity index (χ2v) is 9.38. The number of halogens is 4. The molecule has 11 heteroatoms. The predicted octanol–water partition coefficient (Wildman–Crippen LogP) is 6.22. The lowest BCUT2D eigenvalue weighted by Crippen LogP contribution is -2.50. The van der Waals surface area contributed by atoms with Crippen LogP contribution < -0.4 is 10.2 Å². The van der Waals surface area contributed by atoms with Crippen molar-refractivity contribution in [3.05, 3.63) is 47.5 Å². The molecule has 0 aromatic heterocycles. The molecular weight excluding hydrogens is 489 g/mol. The third kappa shape index (κ3) is 7.76. The second-order valence-electron chi connectivity index (χ2n) is 8.97. The maximum atomic E-state index is 12.7.